The molecule has 10 rings (SSSR count). The lowest BCUT2D eigenvalue weighted by atomic mass is 9.64. The fourth-order valence-electron chi connectivity index (χ4n) is 8.73. The van der Waals surface area contributed by atoms with E-state index in [0.717, 1.165) is 4.47 Å². The normalized spacial score (nSPS) is 13.1. The van der Waals surface area contributed by atoms with Gasteiger partial charge in [-0.05, 0) is 102 Å². The smallest absolute Gasteiger partial charge is 0.0622 e. The van der Waals surface area contributed by atoms with Crippen molar-refractivity contribution in [3.63, 3.8) is 0 Å². The van der Waals surface area contributed by atoms with Crippen molar-refractivity contribution in [2.24, 2.45) is 0 Å². The molecule has 8 aromatic carbocycles. The molecule has 0 aromatic heterocycles. The van der Waals surface area contributed by atoms with Crippen LogP contribution in [0.25, 0.3) is 66.8 Å². The Labute approximate surface area is 301 Å². The highest BCUT2D eigenvalue weighted by Gasteiger charge is 2.49. The maximum Gasteiger partial charge on any atom is 0.0725 e. The molecule has 0 heterocycles. The third-order valence-corrected chi connectivity index (χ3v) is 11.5. The molecule has 0 radical (unpaired) electrons. The molecule has 0 bridgehead atoms. The Morgan fingerprint density at radius 3 is 1.26 bits per heavy atom. The Balaban J connectivity index is 1.45. The van der Waals surface area contributed by atoms with Crippen LogP contribution in [0, 0.1) is 0 Å². The number of hydrogen-bond donors (Lipinski definition) is 0. The summed E-state index contributed by atoms with van der Waals surface area (Å²) in [6, 6.07) is 69.8. The zero-order valence-electron chi connectivity index (χ0n) is 27.3. The lowest BCUT2D eigenvalue weighted by molar-refractivity contribution is 0.773. The van der Waals surface area contributed by atoms with Gasteiger partial charge in [0, 0.05) is 10.0 Å². The molecule has 2 aliphatic carbocycles. The van der Waals surface area contributed by atoms with Crippen molar-refractivity contribution in [3.8, 4) is 66.8 Å². The Kier molecular flexibility index (Phi) is 6.66. The highest BCUT2D eigenvalue weighted by Crippen LogP contribution is 2.61. The number of halogens is 1. The average molecular weight is 700 g/mol. The first kappa shape index (κ1) is 29.2. The van der Waals surface area contributed by atoms with Gasteiger partial charge in [-0.25, -0.2) is 0 Å². The van der Waals surface area contributed by atoms with Crippen molar-refractivity contribution in [1.82, 2.24) is 0 Å². The van der Waals surface area contributed by atoms with E-state index < -0.39 is 5.41 Å². The van der Waals surface area contributed by atoms with Crippen molar-refractivity contribution in [3.05, 3.63) is 215 Å². The minimum atomic E-state index is -0.584. The molecule has 0 amide bonds. The van der Waals surface area contributed by atoms with E-state index in [0.29, 0.717) is 0 Å². The Morgan fingerprint density at radius 2 is 0.700 bits per heavy atom. The van der Waals surface area contributed by atoms with Crippen LogP contribution in [0.4, 0.5) is 0 Å². The van der Waals surface area contributed by atoms with Crippen LogP contribution in [-0.4, -0.2) is 0 Å². The van der Waals surface area contributed by atoms with E-state index in [9.17, 15) is 0 Å². The third kappa shape index (κ3) is 4.17. The lowest BCUT2D eigenvalue weighted by Crippen LogP contribution is -2.30. The van der Waals surface area contributed by atoms with E-state index in [1.807, 2.05) is 0 Å². The van der Waals surface area contributed by atoms with Gasteiger partial charge in [0.25, 0.3) is 0 Å². The van der Waals surface area contributed by atoms with E-state index in [1.165, 1.54) is 89.0 Å². The molecule has 2 aliphatic rings. The van der Waals surface area contributed by atoms with Crippen LogP contribution in [-0.2, 0) is 5.41 Å². The SMILES string of the molecule is Brc1cccc2c1-c1ccccc1-c1cc(-c3ccccc3)ccc1C1(c3ccccc3-c3ccccc31)c1ccc(-c3ccccc3)cc1-2. The van der Waals surface area contributed by atoms with Crippen LogP contribution in [0.15, 0.2) is 193 Å². The van der Waals surface area contributed by atoms with Gasteiger partial charge in [0.15, 0.2) is 0 Å². The van der Waals surface area contributed by atoms with Crippen LogP contribution in [0.3, 0.4) is 0 Å². The second-order valence-corrected chi connectivity index (χ2v) is 14.2. The molecule has 234 valence electrons. The molecule has 0 nitrogen and oxygen atoms in total. The fourth-order valence-corrected chi connectivity index (χ4v) is 9.31. The van der Waals surface area contributed by atoms with Gasteiger partial charge in [0.2, 0.25) is 0 Å². The maximum atomic E-state index is 4.07. The summed E-state index contributed by atoms with van der Waals surface area (Å²) in [6.07, 6.45) is 0. The predicted octanol–water partition coefficient (Wildman–Crippen LogP) is 13.5. The summed E-state index contributed by atoms with van der Waals surface area (Å²) < 4.78 is 1.09. The van der Waals surface area contributed by atoms with Gasteiger partial charge in [-0.1, -0.05) is 186 Å². The summed E-state index contributed by atoms with van der Waals surface area (Å²) in [7, 11) is 0. The third-order valence-electron chi connectivity index (χ3n) is 10.8. The molecular weight excluding hydrogens is 668 g/mol. The molecule has 1 spiro atoms. The predicted molar refractivity (Wildman–Crippen MR) is 212 cm³/mol. The van der Waals surface area contributed by atoms with Gasteiger partial charge < -0.3 is 0 Å². The van der Waals surface area contributed by atoms with E-state index >= 15 is 0 Å². The molecule has 8 aromatic rings. The van der Waals surface area contributed by atoms with Crippen molar-refractivity contribution in [2.75, 3.05) is 0 Å². The number of fused-ring (bicyclic) bond motifs is 14. The molecule has 0 aliphatic heterocycles. The Morgan fingerprint density at radius 1 is 0.280 bits per heavy atom. The summed E-state index contributed by atoms with van der Waals surface area (Å²) in [5.74, 6) is 0. The van der Waals surface area contributed by atoms with E-state index in [2.05, 4.69) is 204 Å². The zero-order valence-corrected chi connectivity index (χ0v) is 28.9. The largest absolute Gasteiger partial charge is 0.0725 e. The van der Waals surface area contributed by atoms with Crippen LogP contribution in [0.1, 0.15) is 22.3 Å². The van der Waals surface area contributed by atoms with E-state index in [1.54, 1.807) is 0 Å². The molecule has 0 atom stereocenters. The second kappa shape index (κ2) is 11.4. The topological polar surface area (TPSA) is 0 Å². The monoisotopic (exact) mass is 698 g/mol. The summed E-state index contributed by atoms with van der Waals surface area (Å²) in [4.78, 5) is 0. The van der Waals surface area contributed by atoms with Gasteiger partial charge in [-0.15, -0.1) is 0 Å². The average Bonchev–Trinajstić information content (AvgIpc) is 3.50. The number of benzene rings is 8. The summed E-state index contributed by atoms with van der Waals surface area (Å²) in [6.45, 7) is 0. The molecule has 0 unspecified atom stereocenters. The molecule has 0 fully saturated rings. The molecular formula is C49H31Br. The first-order valence-corrected chi connectivity index (χ1v) is 18.0. The van der Waals surface area contributed by atoms with Gasteiger partial charge >= 0.3 is 0 Å². The standard InChI is InChI=1S/C49H31Br/c50-47-25-13-22-40-42-31-35(33-16-5-2-6-17-33)27-29-46(42)49(43-23-11-9-19-37(43)38-20-10-12-24-44(38)49)45-28-26-34(32-14-3-1-4-15-32)30-41(45)36-18-7-8-21-39(36)48(40)47/h1-31H. The quantitative estimate of drug-likeness (QED) is 0.169. The minimum absolute atomic E-state index is 0.584. The Hall–Kier alpha value is -5.76. The van der Waals surface area contributed by atoms with Crippen molar-refractivity contribution < 1.29 is 0 Å². The van der Waals surface area contributed by atoms with Crippen LogP contribution in [0.2, 0.25) is 0 Å². The summed E-state index contributed by atoms with van der Waals surface area (Å²) in [5.41, 5.74) is 19.4. The van der Waals surface area contributed by atoms with Gasteiger partial charge in [-0.3, -0.25) is 0 Å². The van der Waals surface area contributed by atoms with Crippen LogP contribution < -0.4 is 0 Å². The van der Waals surface area contributed by atoms with Gasteiger partial charge in [0.05, 0.1) is 5.41 Å². The highest BCUT2D eigenvalue weighted by molar-refractivity contribution is 9.10. The maximum absolute atomic E-state index is 4.07. The highest BCUT2D eigenvalue weighted by atomic mass is 79.9. The lowest BCUT2D eigenvalue weighted by Gasteiger charge is -2.37. The zero-order chi connectivity index (χ0) is 33.2. The number of hydrogen-bond acceptors (Lipinski definition) is 0. The van der Waals surface area contributed by atoms with E-state index in [4.69, 9.17) is 0 Å². The van der Waals surface area contributed by atoms with Crippen LogP contribution >= 0.6 is 15.9 Å². The molecule has 0 saturated carbocycles. The van der Waals surface area contributed by atoms with Gasteiger partial charge in [0.1, 0.15) is 0 Å². The fraction of sp³-hybridized carbons (Fsp3) is 0.0204. The first-order valence-electron chi connectivity index (χ1n) is 17.2. The molecule has 50 heavy (non-hydrogen) atoms. The minimum Gasteiger partial charge on any atom is -0.0622 e. The van der Waals surface area contributed by atoms with E-state index in [-0.39, 0.29) is 0 Å². The van der Waals surface area contributed by atoms with Crippen molar-refractivity contribution in [1.29, 1.82) is 0 Å². The first-order chi connectivity index (χ1) is 24.7. The van der Waals surface area contributed by atoms with Crippen molar-refractivity contribution in [2.45, 2.75) is 5.41 Å². The number of rotatable bonds is 2. The van der Waals surface area contributed by atoms with Crippen LogP contribution in [0.5, 0.6) is 0 Å². The molecule has 0 saturated heterocycles. The second-order valence-electron chi connectivity index (χ2n) is 13.3. The summed E-state index contributed by atoms with van der Waals surface area (Å²) in [5, 5.41) is 0. The summed E-state index contributed by atoms with van der Waals surface area (Å²) >= 11 is 4.07. The Bertz CT molecular complexity index is 2550. The van der Waals surface area contributed by atoms with Crippen molar-refractivity contribution >= 4 is 15.9 Å². The molecule has 0 N–H and O–H groups in total. The molecule has 1 heteroatoms. The van der Waals surface area contributed by atoms with Gasteiger partial charge in [-0.2, -0.15) is 0 Å².